The van der Waals surface area contributed by atoms with Crippen LogP contribution in [0.25, 0.3) is 0 Å². The third kappa shape index (κ3) is 4.13. The number of aromatic hydroxyl groups is 1. The van der Waals surface area contributed by atoms with Gasteiger partial charge in [0.1, 0.15) is 11.5 Å². The fourth-order valence-corrected chi connectivity index (χ4v) is 6.03. The molecule has 34 heavy (non-hydrogen) atoms. The minimum atomic E-state index is -3.86. The molecule has 2 aliphatic carbocycles. The molecule has 2 N–H and O–H groups in total. The lowest BCUT2D eigenvalue weighted by molar-refractivity contribution is 0.382. The van der Waals surface area contributed by atoms with Crippen molar-refractivity contribution in [3.63, 3.8) is 0 Å². The number of rotatable bonds is 6. The van der Waals surface area contributed by atoms with Crippen LogP contribution in [0.5, 0.6) is 5.75 Å². The molecule has 2 heterocycles. The fourth-order valence-electron chi connectivity index (χ4n) is 4.97. The molecule has 0 amide bonds. The van der Waals surface area contributed by atoms with Crippen molar-refractivity contribution in [2.75, 3.05) is 11.4 Å². The summed E-state index contributed by atoms with van der Waals surface area (Å²) in [5.74, 6) is 0.514. The summed E-state index contributed by atoms with van der Waals surface area (Å²) in [5.41, 5.74) is 1.81. The van der Waals surface area contributed by atoms with Crippen LogP contribution in [0.4, 0.5) is 5.69 Å². The fraction of sp³-hybridized carbons (Fsp3) is 0.440. The molecule has 180 valence electrons. The highest BCUT2D eigenvalue weighted by atomic mass is 32.2. The van der Waals surface area contributed by atoms with Crippen molar-refractivity contribution in [1.29, 1.82) is 0 Å². The quantitative estimate of drug-likeness (QED) is 0.545. The van der Waals surface area contributed by atoms with Crippen LogP contribution >= 0.6 is 0 Å². The van der Waals surface area contributed by atoms with Crippen molar-refractivity contribution >= 4 is 15.7 Å². The van der Waals surface area contributed by atoms with Crippen LogP contribution in [-0.2, 0) is 22.9 Å². The van der Waals surface area contributed by atoms with Gasteiger partial charge in [0.05, 0.1) is 11.3 Å². The molecule has 0 radical (unpaired) electrons. The molecule has 0 saturated heterocycles. The molecule has 3 aromatic rings. The van der Waals surface area contributed by atoms with E-state index < -0.39 is 15.6 Å². The van der Waals surface area contributed by atoms with Crippen molar-refractivity contribution in [2.24, 2.45) is 5.92 Å². The van der Waals surface area contributed by atoms with Gasteiger partial charge in [-0.25, -0.2) is 9.78 Å². The highest BCUT2D eigenvalue weighted by molar-refractivity contribution is 7.92. The van der Waals surface area contributed by atoms with E-state index in [4.69, 9.17) is 4.42 Å². The molecule has 5 rings (SSSR count). The zero-order chi connectivity index (χ0) is 23.9. The van der Waals surface area contributed by atoms with Gasteiger partial charge in [0.15, 0.2) is 0 Å². The Bertz CT molecular complexity index is 1340. The van der Waals surface area contributed by atoms with Crippen molar-refractivity contribution in [3.05, 3.63) is 69.5 Å². The summed E-state index contributed by atoms with van der Waals surface area (Å²) >= 11 is 0. The van der Waals surface area contributed by atoms with Crippen molar-refractivity contribution < 1.29 is 17.9 Å². The first kappa shape index (κ1) is 22.7. The molecule has 0 bridgehead atoms. The maximum atomic E-state index is 13.1. The van der Waals surface area contributed by atoms with Gasteiger partial charge in [-0.2, -0.15) is 8.42 Å². The van der Waals surface area contributed by atoms with Gasteiger partial charge in [0.25, 0.3) is 10.0 Å². The molecular formula is C25H29N3O5S. The van der Waals surface area contributed by atoms with E-state index in [9.17, 15) is 18.3 Å². The van der Waals surface area contributed by atoms with E-state index in [0.29, 0.717) is 29.9 Å². The van der Waals surface area contributed by atoms with Crippen LogP contribution in [0.3, 0.4) is 0 Å². The summed E-state index contributed by atoms with van der Waals surface area (Å²) in [6.07, 6.45) is 10.2. The summed E-state index contributed by atoms with van der Waals surface area (Å²) in [4.78, 5) is 19.7. The third-order valence-corrected chi connectivity index (χ3v) is 8.61. The topological polar surface area (TPSA) is 116 Å². The van der Waals surface area contributed by atoms with Crippen LogP contribution in [0, 0.1) is 5.92 Å². The minimum Gasteiger partial charge on any atom is -0.507 e. The maximum absolute atomic E-state index is 13.1. The average molecular weight is 484 g/mol. The molecule has 8 nitrogen and oxygen atoms in total. The number of imidazole rings is 1. The number of H-pyrrole nitrogens is 1. The summed E-state index contributed by atoms with van der Waals surface area (Å²) in [6.45, 7) is 0. The SMILES string of the molecule is CN(c1cccc(C(c2c(O)c3c(oc2=O)CCCCCC3)C2CC2)c1)S(=O)(=O)c1ncc[nH]1. The molecule has 1 unspecified atom stereocenters. The lowest BCUT2D eigenvalue weighted by Gasteiger charge is -2.23. The Morgan fingerprint density at radius 1 is 1.18 bits per heavy atom. The van der Waals surface area contributed by atoms with Gasteiger partial charge < -0.3 is 14.5 Å². The lowest BCUT2D eigenvalue weighted by Crippen LogP contribution is -2.27. The zero-order valence-electron chi connectivity index (χ0n) is 19.2. The zero-order valence-corrected chi connectivity index (χ0v) is 20.0. The van der Waals surface area contributed by atoms with E-state index in [1.165, 1.54) is 23.7 Å². The number of aromatic nitrogens is 2. The average Bonchev–Trinajstić information content (AvgIpc) is 3.47. The van der Waals surface area contributed by atoms with Crippen LogP contribution in [-0.4, -0.2) is 30.5 Å². The highest BCUT2D eigenvalue weighted by Crippen LogP contribution is 2.49. The number of aromatic amines is 1. The Morgan fingerprint density at radius 3 is 2.65 bits per heavy atom. The monoisotopic (exact) mass is 483 g/mol. The van der Waals surface area contributed by atoms with E-state index in [2.05, 4.69) is 9.97 Å². The lowest BCUT2D eigenvalue weighted by atomic mass is 9.85. The van der Waals surface area contributed by atoms with Gasteiger partial charge in [0, 0.05) is 37.3 Å². The number of hydrogen-bond acceptors (Lipinski definition) is 6. The van der Waals surface area contributed by atoms with Crippen molar-refractivity contribution in [2.45, 2.75) is 62.4 Å². The summed E-state index contributed by atoms with van der Waals surface area (Å²) in [6, 6.07) is 7.14. The van der Waals surface area contributed by atoms with Gasteiger partial charge in [-0.15, -0.1) is 0 Å². The molecule has 9 heteroatoms. The van der Waals surface area contributed by atoms with Crippen molar-refractivity contribution in [3.8, 4) is 5.75 Å². The molecule has 2 aromatic heterocycles. The van der Waals surface area contributed by atoms with Gasteiger partial charge >= 0.3 is 5.63 Å². The number of benzene rings is 1. The molecule has 0 spiro atoms. The number of hydrogen-bond donors (Lipinski definition) is 2. The predicted molar refractivity (Wildman–Crippen MR) is 128 cm³/mol. The van der Waals surface area contributed by atoms with E-state index in [1.807, 2.05) is 6.07 Å². The Balaban J connectivity index is 1.57. The van der Waals surface area contributed by atoms with Crippen LogP contribution in [0.15, 0.2) is 51.0 Å². The van der Waals surface area contributed by atoms with E-state index in [1.54, 1.807) is 18.2 Å². The first-order chi connectivity index (χ1) is 16.4. The van der Waals surface area contributed by atoms with Gasteiger partial charge in [-0.05, 0) is 55.7 Å². The van der Waals surface area contributed by atoms with E-state index in [-0.39, 0.29) is 22.7 Å². The molecular weight excluding hydrogens is 454 g/mol. The van der Waals surface area contributed by atoms with Crippen molar-refractivity contribution in [1.82, 2.24) is 9.97 Å². The summed E-state index contributed by atoms with van der Waals surface area (Å²) in [5, 5.41) is 11.2. The number of nitrogens with zero attached hydrogens (tertiary/aromatic N) is 2. The standard InChI is InChI=1S/C25H29N3O5S/c1-28(34(31,32)25-26-13-14-27-25)18-8-6-7-17(15-18)21(16-11-12-16)22-23(29)19-9-4-2-3-5-10-20(19)33-24(22)30/h6-8,13-16,21,29H,2-5,9-12H2,1H3,(H,26,27). The molecule has 1 atom stereocenters. The van der Waals surface area contributed by atoms with Crippen LogP contribution < -0.4 is 9.93 Å². The maximum Gasteiger partial charge on any atom is 0.343 e. The summed E-state index contributed by atoms with van der Waals surface area (Å²) in [7, 11) is -2.39. The second-order valence-corrected chi connectivity index (χ2v) is 11.1. The minimum absolute atomic E-state index is 0.0621. The van der Waals surface area contributed by atoms with Gasteiger partial charge in [0.2, 0.25) is 5.16 Å². The normalized spacial score (nSPS) is 17.4. The van der Waals surface area contributed by atoms with Gasteiger partial charge in [-0.1, -0.05) is 25.0 Å². The highest BCUT2D eigenvalue weighted by Gasteiger charge is 2.39. The number of aryl methyl sites for hydroxylation is 1. The largest absolute Gasteiger partial charge is 0.507 e. The Labute approximate surface area is 198 Å². The predicted octanol–water partition coefficient (Wildman–Crippen LogP) is 4.09. The Morgan fingerprint density at radius 2 is 1.94 bits per heavy atom. The smallest absolute Gasteiger partial charge is 0.343 e. The molecule has 1 saturated carbocycles. The van der Waals surface area contributed by atoms with E-state index in [0.717, 1.165) is 49.7 Å². The Hall–Kier alpha value is -3.07. The van der Waals surface area contributed by atoms with Crippen LogP contribution in [0.2, 0.25) is 0 Å². The third-order valence-electron chi connectivity index (χ3n) is 6.97. The molecule has 1 aromatic carbocycles. The molecule has 2 aliphatic rings. The first-order valence-electron chi connectivity index (χ1n) is 11.8. The number of anilines is 1. The van der Waals surface area contributed by atoms with E-state index >= 15 is 0 Å². The number of sulfonamides is 1. The summed E-state index contributed by atoms with van der Waals surface area (Å²) < 4.78 is 32.8. The Kier molecular flexibility index (Phi) is 5.97. The molecule has 0 aliphatic heterocycles. The number of nitrogens with one attached hydrogen (secondary N) is 1. The molecule has 1 fully saturated rings. The van der Waals surface area contributed by atoms with Crippen LogP contribution in [0.1, 0.15) is 66.9 Å². The second-order valence-electron chi connectivity index (χ2n) is 9.24. The van der Waals surface area contributed by atoms with Gasteiger partial charge in [-0.3, -0.25) is 4.31 Å². The first-order valence-corrected chi connectivity index (χ1v) is 13.3. The second kappa shape index (κ2) is 8.94. The number of fused-ring (bicyclic) bond motifs is 1.